The van der Waals surface area contributed by atoms with Crippen molar-refractivity contribution >= 4 is 17.1 Å². The topological polar surface area (TPSA) is 92.3 Å². The summed E-state index contributed by atoms with van der Waals surface area (Å²) < 4.78 is 1.71. The molecule has 3 aromatic rings. The van der Waals surface area contributed by atoms with Crippen LogP contribution in [0, 0.1) is 6.92 Å². The lowest BCUT2D eigenvalue weighted by molar-refractivity contribution is 0.0986. The first-order chi connectivity index (χ1) is 11.2. The van der Waals surface area contributed by atoms with Crippen molar-refractivity contribution in [2.24, 2.45) is 5.73 Å². The van der Waals surface area contributed by atoms with Crippen molar-refractivity contribution in [1.82, 2.24) is 19.8 Å². The number of anilines is 1. The Bertz CT molecular complexity index is 893. The number of carbonyl (C=O) groups is 1. The van der Waals surface area contributed by atoms with Crippen molar-refractivity contribution in [1.29, 1.82) is 0 Å². The number of nitrogens with one attached hydrogen (secondary N) is 1. The van der Waals surface area contributed by atoms with Crippen molar-refractivity contribution in [2.45, 2.75) is 26.3 Å². The maximum atomic E-state index is 13.1. The molecule has 0 saturated carbocycles. The van der Waals surface area contributed by atoms with Crippen LogP contribution in [0.25, 0.3) is 5.52 Å². The molecule has 0 spiro atoms. The van der Waals surface area contributed by atoms with Crippen LogP contribution in [0.3, 0.4) is 0 Å². The van der Waals surface area contributed by atoms with E-state index in [0.717, 1.165) is 41.0 Å². The zero-order chi connectivity index (χ0) is 16.0. The van der Waals surface area contributed by atoms with Crippen LogP contribution < -0.4 is 10.6 Å². The van der Waals surface area contributed by atoms with E-state index in [9.17, 15) is 4.79 Å². The van der Waals surface area contributed by atoms with E-state index in [4.69, 9.17) is 5.73 Å². The van der Waals surface area contributed by atoms with Gasteiger partial charge in [0.1, 0.15) is 0 Å². The highest BCUT2D eigenvalue weighted by Gasteiger charge is 2.29. The Morgan fingerprint density at radius 2 is 2.35 bits per heavy atom. The van der Waals surface area contributed by atoms with Crippen molar-refractivity contribution < 1.29 is 4.79 Å². The van der Waals surface area contributed by atoms with Crippen LogP contribution in [0.2, 0.25) is 0 Å². The molecule has 0 atom stereocenters. The van der Waals surface area contributed by atoms with Gasteiger partial charge in [-0.1, -0.05) is 0 Å². The molecule has 23 heavy (non-hydrogen) atoms. The zero-order valence-corrected chi connectivity index (χ0v) is 12.9. The van der Waals surface area contributed by atoms with E-state index in [0.29, 0.717) is 18.7 Å². The Morgan fingerprint density at radius 1 is 1.48 bits per heavy atom. The summed E-state index contributed by atoms with van der Waals surface area (Å²) in [6.07, 6.45) is 5.27. The third-order valence-corrected chi connectivity index (χ3v) is 4.35. The second kappa shape index (κ2) is 5.20. The summed E-state index contributed by atoms with van der Waals surface area (Å²) in [5.74, 6) is -0.0420. The Labute approximate surface area is 133 Å². The molecule has 4 heterocycles. The Morgan fingerprint density at radius 3 is 3.17 bits per heavy atom. The number of amides is 1. The number of nitrogens with two attached hydrogens (primary N) is 1. The number of aromatic amines is 1. The molecule has 0 saturated heterocycles. The maximum Gasteiger partial charge on any atom is 0.262 e. The van der Waals surface area contributed by atoms with Gasteiger partial charge >= 0.3 is 0 Å². The molecule has 0 unspecified atom stereocenters. The van der Waals surface area contributed by atoms with E-state index < -0.39 is 0 Å². The smallest absolute Gasteiger partial charge is 0.262 e. The average molecular weight is 310 g/mol. The van der Waals surface area contributed by atoms with Gasteiger partial charge in [0.2, 0.25) is 0 Å². The largest absolute Gasteiger partial charge is 0.326 e. The van der Waals surface area contributed by atoms with E-state index in [2.05, 4.69) is 15.3 Å². The van der Waals surface area contributed by atoms with E-state index in [1.807, 2.05) is 30.2 Å². The summed E-state index contributed by atoms with van der Waals surface area (Å²) in [4.78, 5) is 14.9. The number of hydrogen-bond donors (Lipinski definition) is 2. The number of hydrogen-bond acceptors (Lipinski definition) is 4. The van der Waals surface area contributed by atoms with Gasteiger partial charge in [0.15, 0.2) is 0 Å². The number of rotatable bonds is 2. The standard InChI is InChI=1S/C16H18N6O/c1-10-15-13(20-19-10)3-2-5-21(15)16(23)12-9-18-22-6-4-11(8-17)7-14(12)22/h4,6-7,9H,2-3,5,8,17H2,1H3,(H,19,20). The SMILES string of the molecule is Cc1[nH]nc2c1N(C(=O)c1cnn3ccc(CN)cc13)CCC2. The Balaban J connectivity index is 1.80. The molecule has 7 heteroatoms. The van der Waals surface area contributed by atoms with Gasteiger partial charge in [-0.25, -0.2) is 4.52 Å². The first-order valence-corrected chi connectivity index (χ1v) is 7.71. The zero-order valence-electron chi connectivity index (χ0n) is 12.9. The fourth-order valence-corrected chi connectivity index (χ4v) is 3.19. The Kier molecular flexibility index (Phi) is 3.16. The lowest BCUT2D eigenvalue weighted by atomic mass is 10.1. The fourth-order valence-electron chi connectivity index (χ4n) is 3.19. The van der Waals surface area contributed by atoms with Gasteiger partial charge in [0.05, 0.1) is 34.4 Å². The fraction of sp³-hybridized carbons (Fsp3) is 0.312. The molecule has 1 aliphatic heterocycles. The highest BCUT2D eigenvalue weighted by atomic mass is 16.2. The first kappa shape index (κ1) is 14.0. The molecule has 0 fully saturated rings. The van der Waals surface area contributed by atoms with Gasteiger partial charge in [-0.3, -0.25) is 9.89 Å². The second-order valence-corrected chi connectivity index (χ2v) is 5.83. The lowest BCUT2D eigenvalue weighted by Crippen LogP contribution is -2.35. The molecule has 0 aliphatic carbocycles. The van der Waals surface area contributed by atoms with E-state index in [-0.39, 0.29) is 5.91 Å². The normalized spacial score (nSPS) is 14.3. The van der Waals surface area contributed by atoms with Crippen LogP contribution >= 0.6 is 0 Å². The number of H-pyrrole nitrogens is 1. The van der Waals surface area contributed by atoms with Crippen LogP contribution in [0.5, 0.6) is 0 Å². The highest BCUT2D eigenvalue weighted by molar-refractivity contribution is 6.11. The minimum Gasteiger partial charge on any atom is -0.326 e. The third-order valence-electron chi connectivity index (χ3n) is 4.35. The first-order valence-electron chi connectivity index (χ1n) is 7.71. The van der Waals surface area contributed by atoms with Crippen LogP contribution in [-0.2, 0) is 13.0 Å². The molecule has 0 bridgehead atoms. The molecular formula is C16H18N6O. The quantitative estimate of drug-likeness (QED) is 0.748. The maximum absolute atomic E-state index is 13.1. The predicted octanol–water partition coefficient (Wildman–Crippen LogP) is 1.42. The second-order valence-electron chi connectivity index (χ2n) is 5.83. The molecule has 7 nitrogen and oxygen atoms in total. The predicted molar refractivity (Wildman–Crippen MR) is 86.4 cm³/mol. The van der Waals surface area contributed by atoms with Crippen molar-refractivity contribution in [3.8, 4) is 0 Å². The molecule has 1 amide bonds. The van der Waals surface area contributed by atoms with Crippen LogP contribution in [0.1, 0.15) is 33.7 Å². The Hall–Kier alpha value is -2.67. The number of carbonyl (C=O) groups excluding carboxylic acids is 1. The van der Waals surface area contributed by atoms with E-state index >= 15 is 0 Å². The molecular weight excluding hydrogens is 292 g/mol. The number of aryl methyl sites for hydroxylation is 2. The lowest BCUT2D eigenvalue weighted by Gasteiger charge is -2.26. The number of fused-ring (bicyclic) bond motifs is 2. The third kappa shape index (κ3) is 2.12. The van der Waals surface area contributed by atoms with Crippen LogP contribution in [-0.4, -0.2) is 32.3 Å². The summed E-state index contributed by atoms with van der Waals surface area (Å²) in [5, 5.41) is 11.6. The highest BCUT2D eigenvalue weighted by Crippen LogP contribution is 2.30. The molecule has 118 valence electrons. The molecule has 4 rings (SSSR count). The molecule has 1 aliphatic rings. The summed E-state index contributed by atoms with van der Waals surface area (Å²) >= 11 is 0. The minimum atomic E-state index is -0.0420. The van der Waals surface area contributed by atoms with Gasteiger partial charge in [-0.2, -0.15) is 10.2 Å². The molecule has 0 radical (unpaired) electrons. The number of pyridine rings is 1. The monoisotopic (exact) mass is 310 g/mol. The van der Waals surface area contributed by atoms with Crippen LogP contribution in [0.4, 0.5) is 5.69 Å². The summed E-state index contributed by atoms with van der Waals surface area (Å²) in [6.45, 7) is 3.07. The number of nitrogens with zero attached hydrogens (tertiary/aromatic N) is 4. The van der Waals surface area contributed by atoms with Gasteiger partial charge in [-0.05, 0) is 37.5 Å². The summed E-state index contributed by atoms with van der Waals surface area (Å²) in [7, 11) is 0. The molecule has 0 aromatic carbocycles. The van der Waals surface area contributed by atoms with E-state index in [1.54, 1.807) is 10.7 Å². The molecule has 3 aromatic heterocycles. The summed E-state index contributed by atoms with van der Waals surface area (Å²) in [6, 6.07) is 3.83. The van der Waals surface area contributed by atoms with Gasteiger partial charge in [-0.15, -0.1) is 0 Å². The van der Waals surface area contributed by atoms with Crippen molar-refractivity contribution in [3.63, 3.8) is 0 Å². The molecule has 3 N–H and O–H groups in total. The van der Waals surface area contributed by atoms with Gasteiger partial charge in [0.25, 0.3) is 5.91 Å². The summed E-state index contributed by atoms with van der Waals surface area (Å²) in [5.41, 5.74) is 10.9. The van der Waals surface area contributed by atoms with Gasteiger partial charge < -0.3 is 10.6 Å². The van der Waals surface area contributed by atoms with Crippen LogP contribution in [0.15, 0.2) is 24.5 Å². The van der Waals surface area contributed by atoms with Gasteiger partial charge in [0, 0.05) is 19.3 Å². The number of aromatic nitrogens is 4. The minimum absolute atomic E-state index is 0.0420. The average Bonchev–Trinajstić information content (AvgIpc) is 3.17. The van der Waals surface area contributed by atoms with Crippen molar-refractivity contribution in [3.05, 3.63) is 47.0 Å². The van der Waals surface area contributed by atoms with E-state index in [1.165, 1.54) is 0 Å². The van der Waals surface area contributed by atoms with Crippen molar-refractivity contribution in [2.75, 3.05) is 11.4 Å².